The largest absolute Gasteiger partial charge is 0.348 e. The number of hydrogen-bond donors (Lipinski definition) is 1. The number of rotatable bonds is 2. The van der Waals surface area contributed by atoms with Crippen molar-refractivity contribution >= 4 is 17.5 Å². The number of fused-ring (bicyclic) bond motifs is 1. The monoisotopic (exact) mass is 395 g/mol. The van der Waals surface area contributed by atoms with Gasteiger partial charge in [-0.2, -0.15) is 0 Å². The molecule has 1 saturated heterocycles. The van der Waals surface area contributed by atoms with Crippen LogP contribution >= 0.6 is 0 Å². The lowest BCUT2D eigenvalue weighted by molar-refractivity contribution is 0.0603. The maximum atomic E-state index is 13.6. The van der Waals surface area contributed by atoms with Gasteiger partial charge in [0.2, 0.25) is 0 Å². The molecule has 0 radical (unpaired) electrons. The summed E-state index contributed by atoms with van der Waals surface area (Å²) in [6, 6.07) is 10.3. The summed E-state index contributed by atoms with van der Waals surface area (Å²) in [5.74, 6) is -0.641. The molecule has 29 heavy (non-hydrogen) atoms. The number of benzene rings is 2. The van der Waals surface area contributed by atoms with E-state index in [0.717, 1.165) is 16.8 Å². The number of carbonyl (C=O) groups excluding carboxylic acids is 2. The van der Waals surface area contributed by atoms with E-state index < -0.39 is 11.5 Å². The van der Waals surface area contributed by atoms with Gasteiger partial charge in [0.25, 0.3) is 11.8 Å². The number of carbonyl (C=O) groups is 2. The molecule has 0 aliphatic carbocycles. The standard InChI is InChI=1S/C23H26FN3O2/c1-4-27-20-6-5-18(24)14-19(20)21(28)25-23(27)7-9-26(10-8-23)22(29)17-12-15(2)11-16(3)13-17/h5-6,11-14H,4,7-10H2,1-3H3,(H,25,28). The summed E-state index contributed by atoms with van der Waals surface area (Å²) in [4.78, 5) is 29.7. The molecular weight excluding hydrogens is 369 g/mol. The molecule has 0 saturated carbocycles. The minimum atomic E-state index is -0.546. The normalized spacial score (nSPS) is 17.9. The molecule has 5 nitrogen and oxygen atoms in total. The van der Waals surface area contributed by atoms with E-state index in [1.54, 1.807) is 6.07 Å². The molecule has 2 aliphatic heterocycles. The van der Waals surface area contributed by atoms with Crippen LogP contribution in [0.25, 0.3) is 0 Å². The van der Waals surface area contributed by atoms with E-state index in [4.69, 9.17) is 0 Å². The molecule has 152 valence electrons. The lowest BCUT2D eigenvalue weighted by Crippen LogP contribution is -2.68. The van der Waals surface area contributed by atoms with Gasteiger partial charge in [-0.1, -0.05) is 17.2 Å². The van der Waals surface area contributed by atoms with Gasteiger partial charge in [0, 0.05) is 38.0 Å². The van der Waals surface area contributed by atoms with Gasteiger partial charge in [-0.15, -0.1) is 0 Å². The van der Waals surface area contributed by atoms with E-state index in [-0.39, 0.29) is 11.8 Å². The fourth-order valence-corrected chi connectivity index (χ4v) is 4.73. The summed E-state index contributed by atoms with van der Waals surface area (Å²) >= 11 is 0. The third-order valence-corrected chi connectivity index (χ3v) is 6.02. The Balaban J connectivity index is 1.57. The molecule has 2 aromatic rings. The number of nitrogens with zero attached hydrogens (tertiary/aromatic N) is 2. The Hall–Kier alpha value is -2.89. The first-order chi connectivity index (χ1) is 13.8. The van der Waals surface area contributed by atoms with Gasteiger partial charge < -0.3 is 15.1 Å². The first kappa shape index (κ1) is 19.4. The van der Waals surface area contributed by atoms with Crippen molar-refractivity contribution in [2.45, 2.75) is 39.3 Å². The third-order valence-electron chi connectivity index (χ3n) is 6.02. The fourth-order valence-electron chi connectivity index (χ4n) is 4.73. The zero-order chi connectivity index (χ0) is 20.8. The van der Waals surface area contributed by atoms with E-state index in [9.17, 15) is 14.0 Å². The van der Waals surface area contributed by atoms with E-state index >= 15 is 0 Å². The van der Waals surface area contributed by atoms with Gasteiger partial charge in [0.15, 0.2) is 0 Å². The first-order valence-corrected chi connectivity index (χ1v) is 10.1. The van der Waals surface area contributed by atoms with Gasteiger partial charge in [0.05, 0.1) is 11.3 Å². The second-order valence-corrected chi connectivity index (χ2v) is 8.06. The van der Waals surface area contributed by atoms with Gasteiger partial charge in [-0.3, -0.25) is 9.59 Å². The Morgan fingerprint density at radius 2 is 1.76 bits per heavy atom. The van der Waals surface area contributed by atoms with Crippen LogP contribution < -0.4 is 10.2 Å². The van der Waals surface area contributed by atoms with Crippen LogP contribution in [0.2, 0.25) is 0 Å². The molecule has 6 heteroatoms. The van der Waals surface area contributed by atoms with E-state index in [2.05, 4.69) is 16.3 Å². The number of likely N-dealkylation sites (tertiary alicyclic amines) is 1. The average Bonchev–Trinajstić information content (AvgIpc) is 2.68. The molecule has 1 N–H and O–H groups in total. The van der Waals surface area contributed by atoms with Crippen LogP contribution in [0.5, 0.6) is 0 Å². The third kappa shape index (κ3) is 3.37. The molecule has 2 aliphatic rings. The van der Waals surface area contributed by atoms with E-state index in [1.165, 1.54) is 12.1 Å². The predicted molar refractivity (Wildman–Crippen MR) is 111 cm³/mol. The van der Waals surface area contributed by atoms with Crippen molar-refractivity contribution in [3.05, 3.63) is 64.5 Å². The topological polar surface area (TPSA) is 52.7 Å². The van der Waals surface area contributed by atoms with Gasteiger partial charge in [-0.25, -0.2) is 4.39 Å². The summed E-state index contributed by atoms with van der Waals surface area (Å²) in [5, 5.41) is 3.12. The molecule has 0 bridgehead atoms. The van der Waals surface area contributed by atoms with Crippen LogP contribution in [0, 0.1) is 19.7 Å². The predicted octanol–water partition coefficient (Wildman–Crippen LogP) is 3.64. The van der Waals surface area contributed by atoms with Gasteiger partial charge in [-0.05, 0) is 51.1 Å². The summed E-state index contributed by atoms with van der Waals surface area (Å²) in [7, 11) is 0. The van der Waals surface area contributed by atoms with Crippen LogP contribution in [0.15, 0.2) is 36.4 Å². The highest BCUT2D eigenvalue weighted by Crippen LogP contribution is 2.37. The summed E-state index contributed by atoms with van der Waals surface area (Å²) < 4.78 is 13.6. The Kier molecular flexibility index (Phi) is 4.81. The number of hydrogen-bond acceptors (Lipinski definition) is 3. The van der Waals surface area contributed by atoms with Gasteiger partial charge >= 0.3 is 0 Å². The maximum Gasteiger partial charge on any atom is 0.255 e. The van der Waals surface area contributed by atoms with Crippen LogP contribution in [0.1, 0.15) is 51.6 Å². The van der Waals surface area contributed by atoms with Crippen LogP contribution in [0.4, 0.5) is 10.1 Å². The molecule has 0 unspecified atom stereocenters. The van der Waals surface area contributed by atoms with Gasteiger partial charge in [0.1, 0.15) is 11.5 Å². The smallest absolute Gasteiger partial charge is 0.255 e. The Labute approximate surface area is 170 Å². The summed E-state index contributed by atoms with van der Waals surface area (Å²) in [5.41, 5.74) is 3.43. The number of piperidine rings is 1. The molecule has 1 spiro atoms. The number of halogens is 1. The van der Waals surface area contributed by atoms with Crippen molar-refractivity contribution in [3.63, 3.8) is 0 Å². The minimum Gasteiger partial charge on any atom is -0.348 e. The first-order valence-electron chi connectivity index (χ1n) is 10.1. The lowest BCUT2D eigenvalue weighted by Gasteiger charge is -2.52. The maximum absolute atomic E-state index is 13.6. The molecule has 2 aromatic carbocycles. The van der Waals surface area contributed by atoms with Crippen LogP contribution in [-0.4, -0.2) is 42.0 Å². The lowest BCUT2D eigenvalue weighted by atomic mass is 9.89. The van der Waals surface area contributed by atoms with Crippen molar-refractivity contribution in [2.24, 2.45) is 0 Å². The zero-order valence-corrected chi connectivity index (χ0v) is 17.1. The van der Waals surface area contributed by atoms with Crippen molar-refractivity contribution in [3.8, 4) is 0 Å². The average molecular weight is 395 g/mol. The summed E-state index contributed by atoms with van der Waals surface area (Å²) in [6.07, 6.45) is 1.25. The second-order valence-electron chi connectivity index (χ2n) is 8.06. The summed E-state index contributed by atoms with van der Waals surface area (Å²) in [6.45, 7) is 7.81. The van der Waals surface area contributed by atoms with E-state index in [1.807, 2.05) is 37.8 Å². The molecule has 2 amide bonds. The number of amides is 2. The zero-order valence-electron chi connectivity index (χ0n) is 17.1. The molecule has 4 rings (SSSR count). The number of anilines is 1. The highest BCUT2D eigenvalue weighted by molar-refractivity contribution is 6.02. The highest BCUT2D eigenvalue weighted by atomic mass is 19.1. The highest BCUT2D eigenvalue weighted by Gasteiger charge is 2.45. The van der Waals surface area contributed by atoms with Crippen molar-refractivity contribution in [1.29, 1.82) is 0 Å². The minimum absolute atomic E-state index is 0.0271. The molecule has 2 heterocycles. The SMILES string of the molecule is CCN1c2ccc(F)cc2C(=O)NC12CCN(C(=O)c1cc(C)cc(C)c1)CC2. The van der Waals surface area contributed by atoms with E-state index in [0.29, 0.717) is 43.6 Å². The molecule has 0 atom stereocenters. The fraction of sp³-hybridized carbons (Fsp3) is 0.391. The van der Waals surface area contributed by atoms with Crippen LogP contribution in [-0.2, 0) is 0 Å². The van der Waals surface area contributed by atoms with Crippen molar-refractivity contribution in [1.82, 2.24) is 10.2 Å². The second kappa shape index (κ2) is 7.17. The Morgan fingerprint density at radius 3 is 2.38 bits per heavy atom. The Morgan fingerprint density at radius 1 is 1.10 bits per heavy atom. The van der Waals surface area contributed by atoms with Crippen LogP contribution in [0.3, 0.4) is 0 Å². The molecule has 0 aromatic heterocycles. The number of aryl methyl sites for hydroxylation is 2. The number of nitrogens with one attached hydrogen (secondary N) is 1. The van der Waals surface area contributed by atoms with Crippen molar-refractivity contribution in [2.75, 3.05) is 24.5 Å². The quantitative estimate of drug-likeness (QED) is 0.845. The molecular formula is C23H26FN3O2. The molecule has 1 fully saturated rings. The Bertz CT molecular complexity index is 960. The van der Waals surface area contributed by atoms with Crippen molar-refractivity contribution < 1.29 is 14.0 Å².